The number of rotatable bonds is 1. The number of aryl methyl sites for hydroxylation is 2. The Labute approximate surface area is 88.8 Å². The summed E-state index contributed by atoms with van der Waals surface area (Å²) < 4.78 is 1.78. The summed E-state index contributed by atoms with van der Waals surface area (Å²) in [6.07, 6.45) is 0. The highest BCUT2D eigenvalue weighted by Gasteiger charge is 2.10. The van der Waals surface area contributed by atoms with Crippen LogP contribution in [0, 0.1) is 20.8 Å². The lowest BCUT2D eigenvalue weighted by Crippen LogP contribution is -2.02. The van der Waals surface area contributed by atoms with E-state index in [2.05, 4.69) is 10.1 Å². The zero-order valence-corrected chi connectivity index (χ0v) is 9.15. The van der Waals surface area contributed by atoms with Gasteiger partial charge in [-0.05, 0) is 32.9 Å². The van der Waals surface area contributed by atoms with Crippen LogP contribution in [-0.2, 0) is 0 Å². The van der Waals surface area contributed by atoms with Gasteiger partial charge in [0, 0.05) is 5.69 Å². The first-order valence-corrected chi connectivity index (χ1v) is 4.85. The van der Waals surface area contributed by atoms with Crippen molar-refractivity contribution in [2.75, 3.05) is 5.73 Å². The molecule has 78 valence electrons. The lowest BCUT2D eigenvalue weighted by Gasteiger charge is -2.03. The van der Waals surface area contributed by atoms with Crippen molar-refractivity contribution in [2.24, 2.45) is 0 Å². The number of nitrogens with two attached hydrogens (primary N) is 1. The van der Waals surface area contributed by atoms with Gasteiger partial charge in [0.15, 0.2) is 5.82 Å². The van der Waals surface area contributed by atoms with Gasteiger partial charge in [-0.3, -0.25) is 0 Å². The van der Waals surface area contributed by atoms with E-state index in [1.807, 2.05) is 39.0 Å². The molecule has 0 saturated heterocycles. The van der Waals surface area contributed by atoms with E-state index in [0.717, 1.165) is 28.6 Å². The second kappa shape index (κ2) is 3.38. The second-order valence-corrected chi connectivity index (χ2v) is 3.63. The Kier molecular flexibility index (Phi) is 2.19. The largest absolute Gasteiger partial charge is 0.396 e. The number of nitrogens with zero attached hydrogens (tertiary/aromatic N) is 3. The lowest BCUT2D eigenvalue weighted by atomic mass is 10.3. The summed E-state index contributed by atoms with van der Waals surface area (Å²) in [5, 5.41) is 4.35. The Morgan fingerprint density at radius 1 is 1.20 bits per heavy atom. The molecule has 0 aromatic carbocycles. The standard InChI is InChI=1S/C11H14N4/c1-7-5-4-6-10(13-7)15-9(3)11(12)8(2)14-15/h4-6H,12H2,1-3H3. The van der Waals surface area contributed by atoms with E-state index >= 15 is 0 Å². The van der Waals surface area contributed by atoms with Crippen LogP contribution in [0.4, 0.5) is 5.69 Å². The van der Waals surface area contributed by atoms with Gasteiger partial charge < -0.3 is 5.73 Å². The predicted octanol–water partition coefficient (Wildman–Crippen LogP) is 1.77. The molecule has 4 heteroatoms. The molecule has 0 bridgehead atoms. The minimum Gasteiger partial charge on any atom is -0.396 e. The van der Waals surface area contributed by atoms with E-state index in [4.69, 9.17) is 5.73 Å². The third kappa shape index (κ3) is 1.58. The first kappa shape index (κ1) is 9.71. The number of hydrogen-bond acceptors (Lipinski definition) is 3. The van der Waals surface area contributed by atoms with Gasteiger partial charge in [0.05, 0.1) is 17.1 Å². The van der Waals surface area contributed by atoms with Crippen LogP contribution in [0.5, 0.6) is 0 Å². The topological polar surface area (TPSA) is 56.7 Å². The number of aromatic nitrogens is 3. The van der Waals surface area contributed by atoms with Crippen molar-refractivity contribution in [1.82, 2.24) is 14.8 Å². The maximum Gasteiger partial charge on any atom is 0.153 e. The van der Waals surface area contributed by atoms with Crippen LogP contribution in [0.25, 0.3) is 5.82 Å². The predicted molar refractivity (Wildman–Crippen MR) is 60.0 cm³/mol. The smallest absolute Gasteiger partial charge is 0.153 e. The molecule has 2 aromatic heterocycles. The molecule has 15 heavy (non-hydrogen) atoms. The molecule has 0 unspecified atom stereocenters. The van der Waals surface area contributed by atoms with Crippen molar-refractivity contribution in [3.8, 4) is 5.82 Å². The zero-order chi connectivity index (χ0) is 11.0. The van der Waals surface area contributed by atoms with E-state index < -0.39 is 0 Å². The summed E-state index contributed by atoms with van der Waals surface area (Å²) in [4.78, 5) is 4.40. The molecule has 0 spiro atoms. The minimum absolute atomic E-state index is 0.735. The van der Waals surface area contributed by atoms with Crippen LogP contribution in [0.3, 0.4) is 0 Å². The van der Waals surface area contributed by atoms with E-state index in [0.29, 0.717) is 0 Å². The van der Waals surface area contributed by atoms with Crippen molar-refractivity contribution >= 4 is 5.69 Å². The zero-order valence-electron chi connectivity index (χ0n) is 9.15. The summed E-state index contributed by atoms with van der Waals surface area (Å²) in [6.45, 7) is 5.80. The molecule has 0 aliphatic carbocycles. The van der Waals surface area contributed by atoms with E-state index in [1.165, 1.54) is 0 Å². The molecule has 0 amide bonds. The lowest BCUT2D eigenvalue weighted by molar-refractivity contribution is 0.802. The molecule has 0 radical (unpaired) electrons. The fraction of sp³-hybridized carbons (Fsp3) is 0.273. The minimum atomic E-state index is 0.735. The van der Waals surface area contributed by atoms with Gasteiger partial charge in [0.1, 0.15) is 0 Å². The highest BCUT2D eigenvalue weighted by atomic mass is 15.3. The molecule has 0 atom stereocenters. The van der Waals surface area contributed by atoms with Crippen molar-refractivity contribution in [2.45, 2.75) is 20.8 Å². The molecule has 2 rings (SSSR count). The average molecular weight is 202 g/mol. The molecule has 2 heterocycles. The van der Waals surface area contributed by atoms with Gasteiger partial charge >= 0.3 is 0 Å². The maximum atomic E-state index is 5.87. The molecular formula is C11H14N4. The Morgan fingerprint density at radius 3 is 2.47 bits per heavy atom. The Balaban J connectivity index is 2.59. The van der Waals surface area contributed by atoms with Crippen molar-refractivity contribution in [3.63, 3.8) is 0 Å². The SMILES string of the molecule is Cc1cccc(-n2nc(C)c(N)c2C)n1. The molecule has 0 fully saturated rings. The van der Waals surface area contributed by atoms with Crippen molar-refractivity contribution in [3.05, 3.63) is 35.3 Å². The fourth-order valence-electron chi connectivity index (χ4n) is 1.52. The van der Waals surface area contributed by atoms with Crippen molar-refractivity contribution < 1.29 is 0 Å². The van der Waals surface area contributed by atoms with Gasteiger partial charge in [-0.2, -0.15) is 5.10 Å². The third-order valence-electron chi connectivity index (χ3n) is 2.44. The Bertz CT molecular complexity index is 499. The summed E-state index contributed by atoms with van der Waals surface area (Å²) in [6, 6.07) is 5.84. The molecule has 0 aliphatic rings. The van der Waals surface area contributed by atoms with Gasteiger partial charge in [-0.15, -0.1) is 0 Å². The fourth-order valence-corrected chi connectivity index (χ4v) is 1.52. The van der Waals surface area contributed by atoms with Gasteiger partial charge in [0.2, 0.25) is 0 Å². The first-order chi connectivity index (χ1) is 7.09. The van der Waals surface area contributed by atoms with E-state index in [9.17, 15) is 0 Å². The normalized spacial score (nSPS) is 10.6. The second-order valence-electron chi connectivity index (χ2n) is 3.63. The molecule has 0 saturated carbocycles. The Hall–Kier alpha value is -1.84. The van der Waals surface area contributed by atoms with Crippen LogP contribution < -0.4 is 5.73 Å². The van der Waals surface area contributed by atoms with Crippen LogP contribution in [0.15, 0.2) is 18.2 Å². The number of hydrogen-bond donors (Lipinski definition) is 1. The van der Waals surface area contributed by atoms with Crippen molar-refractivity contribution in [1.29, 1.82) is 0 Å². The maximum absolute atomic E-state index is 5.87. The molecular weight excluding hydrogens is 188 g/mol. The monoisotopic (exact) mass is 202 g/mol. The molecule has 2 N–H and O–H groups in total. The quantitative estimate of drug-likeness (QED) is 0.766. The molecule has 2 aromatic rings. The summed E-state index contributed by atoms with van der Waals surface area (Å²) in [5.41, 5.74) is 9.35. The van der Waals surface area contributed by atoms with Crippen LogP contribution in [-0.4, -0.2) is 14.8 Å². The van der Waals surface area contributed by atoms with E-state index in [1.54, 1.807) is 4.68 Å². The highest BCUT2D eigenvalue weighted by molar-refractivity contribution is 5.49. The van der Waals surface area contributed by atoms with Crippen LogP contribution >= 0.6 is 0 Å². The van der Waals surface area contributed by atoms with Gasteiger partial charge in [-0.1, -0.05) is 6.07 Å². The Morgan fingerprint density at radius 2 is 1.93 bits per heavy atom. The number of anilines is 1. The van der Waals surface area contributed by atoms with Gasteiger partial charge in [0.25, 0.3) is 0 Å². The van der Waals surface area contributed by atoms with E-state index in [-0.39, 0.29) is 0 Å². The number of pyridine rings is 1. The molecule has 4 nitrogen and oxygen atoms in total. The summed E-state index contributed by atoms with van der Waals surface area (Å²) in [7, 11) is 0. The number of nitrogen functional groups attached to an aromatic ring is 1. The van der Waals surface area contributed by atoms with Crippen LogP contribution in [0.1, 0.15) is 17.1 Å². The molecule has 0 aliphatic heterocycles. The highest BCUT2D eigenvalue weighted by Crippen LogP contribution is 2.18. The van der Waals surface area contributed by atoms with Gasteiger partial charge in [-0.25, -0.2) is 9.67 Å². The average Bonchev–Trinajstić information content (AvgIpc) is 2.46. The summed E-state index contributed by atoms with van der Waals surface area (Å²) in [5.74, 6) is 0.812. The third-order valence-corrected chi connectivity index (χ3v) is 2.44. The summed E-state index contributed by atoms with van der Waals surface area (Å²) >= 11 is 0. The first-order valence-electron chi connectivity index (χ1n) is 4.85. The van der Waals surface area contributed by atoms with Crippen LogP contribution in [0.2, 0.25) is 0 Å².